The molecule has 2 aliphatic heterocycles. The predicted molar refractivity (Wildman–Crippen MR) is 239 cm³/mol. The van der Waals surface area contributed by atoms with Crippen molar-refractivity contribution in [1.82, 2.24) is 0 Å². The summed E-state index contributed by atoms with van der Waals surface area (Å²) in [7, 11) is 0. The molecule has 3 heteroatoms. The van der Waals surface area contributed by atoms with Crippen molar-refractivity contribution in [2.75, 3.05) is 16.3 Å². The van der Waals surface area contributed by atoms with Gasteiger partial charge in [0.05, 0.1) is 6.04 Å². The van der Waals surface area contributed by atoms with Crippen molar-refractivity contribution in [3.05, 3.63) is 222 Å². The number of anilines is 3. The van der Waals surface area contributed by atoms with E-state index in [4.69, 9.17) is 5.73 Å². The summed E-state index contributed by atoms with van der Waals surface area (Å²) in [5, 5.41) is 2.50. The first kappa shape index (κ1) is 37.0. The number of rotatable bonds is 9. The molecule has 1 aliphatic carbocycles. The summed E-state index contributed by atoms with van der Waals surface area (Å²) in [6.45, 7) is 13.8. The lowest BCUT2D eigenvalue weighted by Gasteiger charge is -2.32. The maximum Gasteiger partial charge on any atom is 0.0638 e. The average molecular weight is 718 g/mol. The highest BCUT2D eigenvalue weighted by Gasteiger charge is 2.37. The summed E-state index contributed by atoms with van der Waals surface area (Å²) in [5.41, 5.74) is 20.4. The highest BCUT2D eigenvalue weighted by molar-refractivity contribution is 5.96. The molecule has 3 aliphatic rings. The van der Waals surface area contributed by atoms with Gasteiger partial charge in [-0.05, 0) is 125 Å². The van der Waals surface area contributed by atoms with E-state index in [1.165, 1.54) is 50.0 Å². The Labute approximate surface area is 327 Å². The molecular weight excluding hydrogens is 667 g/mol. The van der Waals surface area contributed by atoms with Gasteiger partial charge in [-0.1, -0.05) is 142 Å². The van der Waals surface area contributed by atoms with Gasteiger partial charge in [0.2, 0.25) is 0 Å². The number of nitrogens with zero attached hydrogens (tertiary/aromatic N) is 2. The van der Waals surface area contributed by atoms with Gasteiger partial charge in [-0.3, -0.25) is 0 Å². The van der Waals surface area contributed by atoms with Crippen molar-refractivity contribution < 1.29 is 0 Å². The second-order valence-corrected chi connectivity index (χ2v) is 14.3. The molecule has 0 bridgehead atoms. The fourth-order valence-corrected chi connectivity index (χ4v) is 7.65. The van der Waals surface area contributed by atoms with Crippen LogP contribution in [0.5, 0.6) is 0 Å². The van der Waals surface area contributed by atoms with Crippen molar-refractivity contribution in [2.45, 2.75) is 45.6 Å². The van der Waals surface area contributed by atoms with E-state index in [-0.39, 0.29) is 6.04 Å². The van der Waals surface area contributed by atoms with E-state index in [1.54, 1.807) is 0 Å². The highest BCUT2D eigenvalue weighted by atomic mass is 15.2. The van der Waals surface area contributed by atoms with Gasteiger partial charge < -0.3 is 15.5 Å². The smallest absolute Gasteiger partial charge is 0.0638 e. The standard InChI is InChI=1S/C52H51N3/c1-5-7-18-40(6-2)19-8-12-25-50(53)45-22-16-23-46(36-45)54-32-15-14-17-38(3)39(4)34-44(31-33-54)43-28-30-49-48-24-11-13-26-51(48)55(52(49)37-43)47-29-27-41-20-9-10-21-42(41)35-47/h6-18,20-30,32,34-36,52H,3-5,19,31,33,37,53H2,1-2H3/b12-8-,17-14-,18-7-,32-15-,40-6+,44-34+,50-25-. The molecule has 0 amide bonds. The zero-order chi connectivity index (χ0) is 38.1. The Bertz CT molecular complexity index is 2380. The molecule has 0 saturated heterocycles. The van der Waals surface area contributed by atoms with E-state index in [0.717, 1.165) is 60.3 Å². The first-order valence-electron chi connectivity index (χ1n) is 19.5. The maximum atomic E-state index is 6.64. The molecule has 4 aromatic rings. The third-order valence-electron chi connectivity index (χ3n) is 10.7. The second kappa shape index (κ2) is 17.2. The van der Waals surface area contributed by atoms with Crippen molar-refractivity contribution >= 4 is 39.1 Å². The Balaban J connectivity index is 1.15. The summed E-state index contributed by atoms with van der Waals surface area (Å²) in [6.07, 6.45) is 31.6. The average Bonchev–Trinajstić information content (AvgIpc) is 3.54. The van der Waals surface area contributed by atoms with E-state index in [9.17, 15) is 0 Å². The monoisotopic (exact) mass is 717 g/mol. The molecule has 0 radical (unpaired) electrons. The molecule has 0 aromatic heterocycles. The normalized spacial score (nSPS) is 20.2. The van der Waals surface area contributed by atoms with Gasteiger partial charge in [0.25, 0.3) is 0 Å². The summed E-state index contributed by atoms with van der Waals surface area (Å²) in [5.74, 6) is 0. The topological polar surface area (TPSA) is 32.5 Å². The molecule has 55 heavy (non-hydrogen) atoms. The zero-order valence-electron chi connectivity index (χ0n) is 32.2. The fraction of sp³-hybridized carbons (Fsp3) is 0.154. The lowest BCUT2D eigenvalue weighted by Crippen LogP contribution is -2.29. The van der Waals surface area contributed by atoms with Gasteiger partial charge in [-0.25, -0.2) is 0 Å². The lowest BCUT2D eigenvalue weighted by atomic mass is 9.85. The van der Waals surface area contributed by atoms with Gasteiger partial charge in [-0.2, -0.15) is 0 Å². The van der Waals surface area contributed by atoms with Crippen LogP contribution in [0.3, 0.4) is 0 Å². The summed E-state index contributed by atoms with van der Waals surface area (Å²) in [4.78, 5) is 4.86. The van der Waals surface area contributed by atoms with E-state index >= 15 is 0 Å². The molecule has 7 rings (SSSR count). The summed E-state index contributed by atoms with van der Waals surface area (Å²) >= 11 is 0. The van der Waals surface area contributed by atoms with Gasteiger partial charge in [0, 0.05) is 41.1 Å². The molecule has 1 atom stereocenters. The molecule has 2 N–H and O–H groups in total. The highest BCUT2D eigenvalue weighted by Crippen LogP contribution is 2.49. The number of hydrogen-bond acceptors (Lipinski definition) is 3. The SMILES string of the molecule is C=C1/C=C\C=C/N(c2cccc(/C(N)=C/C=C\CC(/C=C\CC)=C/C)c2)CC/C(C2=CC=C3c4ccccc4N(c4ccc5ccccc5c4)C3C2)=C\C1=C. The molecule has 0 spiro atoms. The van der Waals surface area contributed by atoms with Crippen LogP contribution in [0.4, 0.5) is 17.1 Å². The van der Waals surface area contributed by atoms with Crippen molar-refractivity contribution in [3.8, 4) is 0 Å². The van der Waals surface area contributed by atoms with Crippen LogP contribution >= 0.6 is 0 Å². The Hall–Kier alpha value is -6.32. The Morgan fingerprint density at radius 3 is 2.53 bits per heavy atom. The summed E-state index contributed by atoms with van der Waals surface area (Å²) < 4.78 is 0. The minimum absolute atomic E-state index is 0.183. The minimum atomic E-state index is 0.183. The minimum Gasteiger partial charge on any atom is -0.398 e. The van der Waals surface area contributed by atoms with Crippen LogP contribution in [-0.2, 0) is 0 Å². The molecule has 1 unspecified atom stereocenters. The number of allylic oxidation sites excluding steroid dienone is 15. The number of fused-ring (bicyclic) bond motifs is 4. The first-order valence-corrected chi connectivity index (χ1v) is 19.5. The van der Waals surface area contributed by atoms with E-state index < -0.39 is 0 Å². The Morgan fingerprint density at radius 1 is 0.836 bits per heavy atom. The van der Waals surface area contributed by atoms with Crippen molar-refractivity contribution in [3.63, 3.8) is 0 Å². The molecule has 4 aromatic carbocycles. The number of para-hydroxylation sites is 1. The zero-order valence-corrected chi connectivity index (χ0v) is 32.2. The van der Waals surface area contributed by atoms with Gasteiger partial charge >= 0.3 is 0 Å². The molecule has 0 fully saturated rings. The van der Waals surface area contributed by atoms with E-state index in [0.29, 0.717) is 0 Å². The first-order chi connectivity index (χ1) is 26.9. The van der Waals surface area contributed by atoms with Gasteiger partial charge in [0.15, 0.2) is 0 Å². The third kappa shape index (κ3) is 8.42. The van der Waals surface area contributed by atoms with Gasteiger partial charge in [0.1, 0.15) is 0 Å². The van der Waals surface area contributed by atoms with Crippen LogP contribution in [0.2, 0.25) is 0 Å². The van der Waals surface area contributed by atoms with Crippen molar-refractivity contribution in [1.29, 1.82) is 0 Å². The van der Waals surface area contributed by atoms with Crippen LogP contribution in [0.25, 0.3) is 22.0 Å². The predicted octanol–water partition coefficient (Wildman–Crippen LogP) is 13.3. The summed E-state index contributed by atoms with van der Waals surface area (Å²) in [6, 6.07) is 33.0. The van der Waals surface area contributed by atoms with E-state index in [2.05, 4.69) is 189 Å². The van der Waals surface area contributed by atoms with Crippen LogP contribution in [0.1, 0.15) is 50.7 Å². The van der Waals surface area contributed by atoms with Crippen LogP contribution in [0.15, 0.2) is 211 Å². The molecule has 274 valence electrons. The Kier molecular flexibility index (Phi) is 11.6. The second-order valence-electron chi connectivity index (χ2n) is 14.3. The molecule has 0 saturated carbocycles. The van der Waals surface area contributed by atoms with Crippen molar-refractivity contribution in [2.24, 2.45) is 5.73 Å². The van der Waals surface area contributed by atoms with E-state index in [1.807, 2.05) is 18.2 Å². The third-order valence-corrected chi connectivity index (χ3v) is 10.7. The number of benzene rings is 4. The molecule has 2 heterocycles. The fourth-order valence-electron chi connectivity index (χ4n) is 7.65. The molecule has 3 nitrogen and oxygen atoms in total. The largest absolute Gasteiger partial charge is 0.398 e. The molecular formula is C52H51N3. The lowest BCUT2D eigenvalue weighted by molar-refractivity contribution is 0.785. The van der Waals surface area contributed by atoms with Crippen LogP contribution in [-0.4, -0.2) is 12.6 Å². The maximum absolute atomic E-state index is 6.64. The quantitative estimate of drug-likeness (QED) is 0.175. The van der Waals surface area contributed by atoms with Gasteiger partial charge in [-0.15, -0.1) is 0 Å². The number of nitrogens with two attached hydrogens (primary N) is 1. The number of hydrogen-bond donors (Lipinski definition) is 1. The van der Waals surface area contributed by atoms with Crippen LogP contribution < -0.4 is 15.5 Å². The Morgan fingerprint density at radius 2 is 1.67 bits per heavy atom. The van der Waals surface area contributed by atoms with Crippen LogP contribution in [0, 0.1) is 0 Å².